The van der Waals surface area contributed by atoms with Crippen molar-refractivity contribution in [2.24, 2.45) is 11.8 Å². The van der Waals surface area contributed by atoms with Crippen LogP contribution in [0.15, 0.2) is 23.1 Å². The SMILES string of the molecule is O=S(=O)(c1c(F)cccc1F)N1CCN(C(=S)N[C@H]2C[C@H]3CC[C@@H]2C3)CC1. The standard InChI is InChI=1S/C18H23F2N3O2S2/c19-14-2-1-3-15(20)17(14)27(24,25)23-8-6-22(7-9-23)18(26)21-16-11-12-4-5-13(16)10-12/h1-3,12-13,16H,4-11H2,(H,21,26)/t12-,13+,16-/m0/s1. The summed E-state index contributed by atoms with van der Waals surface area (Å²) in [5.41, 5.74) is 0. The highest BCUT2D eigenvalue weighted by Crippen LogP contribution is 2.44. The van der Waals surface area contributed by atoms with Crippen LogP contribution in [0.1, 0.15) is 25.7 Å². The van der Waals surface area contributed by atoms with Crippen LogP contribution in [0.5, 0.6) is 0 Å². The average Bonchev–Trinajstić information content (AvgIpc) is 3.24. The molecule has 0 unspecified atom stereocenters. The van der Waals surface area contributed by atoms with Crippen LogP contribution >= 0.6 is 12.2 Å². The van der Waals surface area contributed by atoms with Gasteiger partial charge in [-0.3, -0.25) is 0 Å². The van der Waals surface area contributed by atoms with E-state index in [4.69, 9.17) is 12.2 Å². The predicted octanol–water partition coefficient (Wildman–Crippen LogP) is 2.33. The number of nitrogens with zero attached hydrogens (tertiary/aromatic N) is 2. The summed E-state index contributed by atoms with van der Waals surface area (Å²) in [6, 6.07) is 3.49. The van der Waals surface area contributed by atoms with Crippen molar-refractivity contribution in [2.75, 3.05) is 26.2 Å². The Labute approximate surface area is 163 Å². The number of rotatable bonds is 3. The van der Waals surface area contributed by atoms with E-state index in [0.717, 1.165) is 34.8 Å². The van der Waals surface area contributed by atoms with Gasteiger partial charge in [0.25, 0.3) is 0 Å². The van der Waals surface area contributed by atoms with Crippen molar-refractivity contribution in [3.05, 3.63) is 29.8 Å². The van der Waals surface area contributed by atoms with E-state index in [1.807, 2.05) is 4.90 Å². The van der Waals surface area contributed by atoms with Gasteiger partial charge < -0.3 is 10.2 Å². The molecule has 2 aliphatic carbocycles. The number of hydrogen-bond acceptors (Lipinski definition) is 3. The van der Waals surface area contributed by atoms with Gasteiger partial charge >= 0.3 is 0 Å². The third-order valence-corrected chi connectivity index (χ3v) is 8.42. The van der Waals surface area contributed by atoms with Gasteiger partial charge in [-0.25, -0.2) is 17.2 Å². The van der Waals surface area contributed by atoms with Gasteiger partial charge in [-0.15, -0.1) is 0 Å². The molecule has 2 bridgehead atoms. The second-order valence-corrected chi connectivity index (χ2v) is 9.93. The van der Waals surface area contributed by atoms with Gasteiger partial charge in [0.1, 0.15) is 11.6 Å². The maximum atomic E-state index is 13.9. The molecule has 9 heteroatoms. The molecule has 3 fully saturated rings. The zero-order chi connectivity index (χ0) is 19.2. The highest BCUT2D eigenvalue weighted by atomic mass is 32.2. The molecule has 2 saturated carbocycles. The number of sulfonamides is 1. The van der Waals surface area contributed by atoms with Crippen LogP contribution in [0.4, 0.5) is 8.78 Å². The Morgan fingerprint density at radius 1 is 1.07 bits per heavy atom. The fourth-order valence-electron chi connectivity index (χ4n) is 4.66. The van der Waals surface area contributed by atoms with E-state index in [0.29, 0.717) is 30.2 Å². The molecular weight excluding hydrogens is 392 g/mol. The monoisotopic (exact) mass is 415 g/mol. The molecule has 1 aromatic rings. The second-order valence-electron chi connectivity index (χ2n) is 7.67. The molecule has 1 saturated heterocycles. The predicted molar refractivity (Wildman–Crippen MR) is 102 cm³/mol. The molecule has 1 aliphatic heterocycles. The summed E-state index contributed by atoms with van der Waals surface area (Å²) < 4.78 is 54.3. The Morgan fingerprint density at radius 3 is 2.30 bits per heavy atom. The zero-order valence-corrected chi connectivity index (χ0v) is 16.5. The van der Waals surface area contributed by atoms with Gasteiger partial charge in [0.05, 0.1) is 0 Å². The highest BCUT2D eigenvalue weighted by Gasteiger charge is 2.40. The zero-order valence-electron chi connectivity index (χ0n) is 14.9. The maximum Gasteiger partial charge on any atom is 0.249 e. The van der Waals surface area contributed by atoms with E-state index in [9.17, 15) is 17.2 Å². The molecule has 3 aliphatic rings. The van der Waals surface area contributed by atoms with Crippen LogP contribution < -0.4 is 5.32 Å². The third kappa shape index (κ3) is 3.56. The molecule has 1 N–H and O–H groups in total. The molecule has 1 aromatic carbocycles. The van der Waals surface area contributed by atoms with Crippen molar-refractivity contribution in [3.63, 3.8) is 0 Å². The lowest BCUT2D eigenvalue weighted by atomic mass is 9.95. The van der Waals surface area contributed by atoms with E-state index < -0.39 is 26.6 Å². The van der Waals surface area contributed by atoms with Gasteiger partial charge in [-0.2, -0.15) is 4.31 Å². The second kappa shape index (κ2) is 7.25. The first-order valence-electron chi connectivity index (χ1n) is 9.36. The van der Waals surface area contributed by atoms with Crippen molar-refractivity contribution in [1.82, 2.24) is 14.5 Å². The lowest BCUT2D eigenvalue weighted by Gasteiger charge is -2.37. The average molecular weight is 416 g/mol. The number of thiocarbonyl (C=S) groups is 1. The largest absolute Gasteiger partial charge is 0.360 e. The first kappa shape index (κ1) is 19.0. The number of benzene rings is 1. The van der Waals surface area contributed by atoms with Gasteiger partial charge in [-0.05, 0) is 55.4 Å². The highest BCUT2D eigenvalue weighted by molar-refractivity contribution is 7.89. The van der Waals surface area contributed by atoms with Crippen molar-refractivity contribution in [2.45, 2.75) is 36.6 Å². The number of fused-ring (bicyclic) bond motifs is 2. The number of piperazine rings is 1. The van der Waals surface area contributed by atoms with E-state index in [2.05, 4.69) is 5.32 Å². The minimum atomic E-state index is -4.21. The molecular formula is C18H23F2N3O2S2. The van der Waals surface area contributed by atoms with Crippen molar-refractivity contribution in [1.29, 1.82) is 0 Å². The summed E-state index contributed by atoms with van der Waals surface area (Å²) in [6.07, 6.45) is 5.01. The summed E-state index contributed by atoms with van der Waals surface area (Å²) >= 11 is 5.52. The van der Waals surface area contributed by atoms with E-state index in [-0.39, 0.29) is 13.1 Å². The number of halogens is 2. The minimum Gasteiger partial charge on any atom is -0.360 e. The maximum absolute atomic E-state index is 13.9. The lowest BCUT2D eigenvalue weighted by Crippen LogP contribution is -2.55. The van der Waals surface area contributed by atoms with Gasteiger partial charge in [0, 0.05) is 32.2 Å². The summed E-state index contributed by atoms with van der Waals surface area (Å²) in [5, 5.41) is 4.11. The number of hydrogen-bond donors (Lipinski definition) is 1. The number of nitrogens with one attached hydrogen (secondary N) is 1. The van der Waals surface area contributed by atoms with Crippen LogP contribution in [-0.2, 0) is 10.0 Å². The molecule has 0 spiro atoms. The lowest BCUT2D eigenvalue weighted by molar-refractivity contribution is 0.257. The topological polar surface area (TPSA) is 52.7 Å². The van der Waals surface area contributed by atoms with Gasteiger partial charge in [0.2, 0.25) is 10.0 Å². The minimum absolute atomic E-state index is 0.147. The first-order valence-corrected chi connectivity index (χ1v) is 11.2. The van der Waals surface area contributed by atoms with E-state index >= 15 is 0 Å². The fraction of sp³-hybridized carbons (Fsp3) is 0.611. The quantitative estimate of drug-likeness (QED) is 0.768. The van der Waals surface area contributed by atoms with Crippen molar-refractivity contribution in [3.8, 4) is 0 Å². The Morgan fingerprint density at radius 2 is 1.74 bits per heavy atom. The van der Waals surface area contributed by atoms with Crippen molar-refractivity contribution >= 4 is 27.4 Å². The van der Waals surface area contributed by atoms with Crippen molar-refractivity contribution < 1.29 is 17.2 Å². The Kier molecular flexibility index (Phi) is 5.11. The van der Waals surface area contributed by atoms with E-state index in [1.54, 1.807) is 0 Å². The van der Waals surface area contributed by atoms with Crippen LogP contribution in [0.3, 0.4) is 0 Å². The summed E-state index contributed by atoms with van der Waals surface area (Å²) in [6.45, 7) is 1.10. The molecule has 27 heavy (non-hydrogen) atoms. The smallest absolute Gasteiger partial charge is 0.249 e. The normalized spacial score (nSPS) is 28.5. The molecule has 0 radical (unpaired) electrons. The Balaban J connectivity index is 1.38. The summed E-state index contributed by atoms with van der Waals surface area (Å²) in [5.74, 6) is -0.622. The van der Waals surface area contributed by atoms with Crippen LogP contribution in [0.25, 0.3) is 0 Å². The van der Waals surface area contributed by atoms with Crippen LogP contribution in [0, 0.1) is 23.5 Å². The van der Waals surface area contributed by atoms with Crippen LogP contribution in [-0.4, -0.2) is 55.0 Å². The molecule has 3 atom stereocenters. The van der Waals surface area contributed by atoms with E-state index in [1.165, 1.54) is 19.3 Å². The molecule has 4 rings (SSSR count). The van der Waals surface area contributed by atoms with Gasteiger partial charge in [-0.1, -0.05) is 12.5 Å². The Bertz CT molecular complexity index is 821. The summed E-state index contributed by atoms with van der Waals surface area (Å²) in [7, 11) is -4.21. The Hall–Kier alpha value is -1.32. The van der Waals surface area contributed by atoms with Crippen LogP contribution in [0.2, 0.25) is 0 Å². The third-order valence-electron chi connectivity index (χ3n) is 6.09. The summed E-state index contributed by atoms with van der Waals surface area (Å²) in [4.78, 5) is 1.08. The molecule has 1 heterocycles. The first-order chi connectivity index (χ1) is 12.9. The molecule has 148 valence electrons. The molecule has 0 amide bonds. The fourth-order valence-corrected chi connectivity index (χ4v) is 6.53. The molecule has 5 nitrogen and oxygen atoms in total. The van der Waals surface area contributed by atoms with Gasteiger partial charge in [0.15, 0.2) is 10.0 Å². The molecule has 0 aromatic heterocycles.